The molecule has 0 saturated carbocycles. The summed E-state index contributed by atoms with van der Waals surface area (Å²) in [7, 11) is 0. The van der Waals surface area contributed by atoms with Gasteiger partial charge in [0.05, 0.1) is 5.25 Å². The van der Waals surface area contributed by atoms with E-state index in [0.717, 1.165) is 30.8 Å². The Bertz CT molecular complexity index is 377. The molecule has 0 spiro atoms. The van der Waals surface area contributed by atoms with Gasteiger partial charge in [-0.1, -0.05) is 25.1 Å². The molecule has 0 aromatic heterocycles. The zero-order valence-corrected chi connectivity index (χ0v) is 11.5. The number of nitrogens with one attached hydrogen (secondary N) is 2. The maximum Gasteiger partial charge on any atom is 0.233 e. The number of rotatable bonds is 5. The second-order valence-corrected chi connectivity index (χ2v) is 5.80. The van der Waals surface area contributed by atoms with Crippen molar-refractivity contribution < 1.29 is 4.79 Å². The van der Waals surface area contributed by atoms with E-state index in [4.69, 9.17) is 0 Å². The average Bonchev–Trinajstić information content (AvgIpc) is 2.90. The van der Waals surface area contributed by atoms with Gasteiger partial charge in [-0.2, -0.15) is 0 Å². The fraction of sp³-hybridized carbons (Fsp3) is 0.500. The van der Waals surface area contributed by atoms with Crippen molar-refractivity contribution in [2.75, 3.05) is 13.1 Å². The SMILES string of the molecule is CCC(Sc1ccccc1)C(=O)NC1CCNC1. The van der Waals surface area contributed by atoms with Gasteiger partial charge in [0.15, 0.2) is 0 Å². The van der Waals surface area contributed by atoms with Gasteiger partial charge in [0.25, 0.3) is 0 Å². The van der Waals surface area contributed by atoms with E-state index in [-0.39, 0.29) is 11.2 Å². The summed E-state index contributed by atoms with van der Waals surface area (Å²) in [6.07, 6.45) is 1.89. The standard InChI is InChI=1S/C14H20N2OS/c1-2-13(18-12-6-4-3-5-7-12)14(17)16-11-8-9-15-10-11/h3-7,11,13,15H,2,8-10H2,1H3,(H,16,17). The first-order valence-electron chi connectivity index (χ1n) is 6.52. The van der Waals surface area contributed by atoms with E-state index in [2.05, 4.69) is 29.7 Å². The number of thioether (sulfide) groups is 1. The molecule has 2 atom stereocenters. The van der Waals surface area contributed by atoms with Crippen LogP contribution in [0.15, 0.2) is 35.2 Å². The van der Waals surface area contributed by atoms with Gasteiger partial charge in [-0.25, -0.2) is 0 Å². The molecule has 2 unspecified atom stereocenters. The molecule has 1 aromatic rings. The van der Waals surface area contributed by atoms with Crippen molar-refractivity contribution in [3.05, 3.63) is 30.3 Å². The Balaban J connectivity index is 1.89. The summed E-state index contributed by atoms with van der Waals surface area (Å²) in [6, 6.07) is 10.4. The lowest BCUT2D eigenvalue weighted by Gasteiger charge is -2.18. The normalized spacial score (nSPS) is 20.6. The molecule has 0 radical (unpaired) electrons. The van der Waals surface area contributed by atoms with Crippen LogP contribution < -0.4 is 10.6 Å². The van der Waals surface area contributed by atoms with E-state index < -0.39 is 0 Å². The summed E-state index contributed by atoms with van der Waals surface area (Å²) in [6.45, 7) is 3.97. The third kappa shape index (κ3) is 3.75. The summed E-state index contributed by atoms with van der Waals surface area (Å²) in [4.78, 5) is 13.3. The van der Waals surface area contributed by atoms with E-state index in [1.165, 1.54) is 0 Å². The fourth-order valence-electron chi connectivity index (χ4n) is 2.06. The second-order valence-electron chi connectivity index (χ2n) is 4.53. The van der Waals surface area contributed by atoms with Gasteiger partial charge < -0.3 is 10.6 Å². The highest BCUT2D eigenvalue weighted by Crippen LogP contribution is 2.25. The Morgan fingerprint density at radius 2 is 2.28 bits per heavy atom. The predicted octanol–water partition coefficient (Wildman–Crippen LogP) is 2.04. The van der Waals surface area contributed by atoms with Crippen LogP contribution >= 0.6 is 11.8 Å². The molecule has 1 aromatic carbocycles. The Kier molecular flexibility index (Phi) is 5.08. The number of benzene rings is 1. The number of hydrogen-bond acceptors (Lipinski definition) is 3. The van der Waals surface area contributed by atoms with Crippen LogP contribution in [-0.2, 0) is 4.79 Å². The molecule has 4 heteroatoms. The number of carbonyl (C=O) groups excluding carboxylic acids is 1. The zero-order valence-electron chi connectivity index (χ0n) is 10.7. The molecular weight excluding hydrogens is 244 g/mol. The van der Waals surface area contributed by atoms with E-state index in [1.54, 1.807) is 11.8 Å². The van der Waals surface area contributed by atoms with Gasteiger partial charge in [-0.15, -0.1) is 11.8 Å². The minimum atomic E-state index is 0.00741. The topological polar surface area (TPSA) is 41.1 Å². The zero-order chi connectivity index (χ0) is 12.8. The lowest BCUT2D eigenvalue weighted by atomic mass is 10.2. The molecule has 98 valence electrons. The van der Waals surface area contributed by atoms with Crippen LogP contribution in [-0.4, -0.2) is 30.3 Å². The van der Waals surface area contributed by atoms with Gasteiger partial charge in [0.1, 0.15) is 0 Å². The summed E-state index contributed by atoms with van der Waals surface area (Å²) in [5.41, 5.74) is 0. The summed E-state index contributed by atoms with van der Waals surface area (Å²) < 4.78 is 0. The van der Waals surface area contributed by atoms with Gasteiger partial charge in [0.2, 0.25) is 5.91 Å². The van der Waals surface area contributed by atoms with Crippen molar-refractivity contribution in [1.82, 2.24) is 10.6 Å². The first-order chi connectivity index (χ1) is 8.79. The molecule has 2 N–H and O–H groups in total. The van der Waals surface area contributed by atoms with Gasteiger partial charge in [-0.05, 0) is 31.5 Å². The summed E-state index contributed by atoms with van der Waals surface area (Å²) >= 11 is 1.65. The maximum atomic E-state index is 12.2. The third-order valence-corrected chi connectivity index (χ3v) is 4.47. The Morgan fingerprint density at radius 1 is 1.50 bits per heavy atom. The fourth-order valence-corrected chi connectivity index (χ4v) is 3.04. The molecule has 1 fully saturated rings. The molecule has 1 aliphatic heterocycles. The van der Waals surface area contributed by atoms with Crippen LogP contribution in [0, 0.1) is 0 Å². The van der Waals surface area contributed by atoms with E-state index in [0.29, 0.717) is 6.04 Å². The van der Waals surface area contributed by atoms with Crippen molar-refractivity contribution in [3.8, 4) is 0 Å². The molecule has 0 bridgehead atoms. The lowest BCUT2D eigenvalue weighted by Crippen LogP contribution is -2.41. The molecule has 2 rings (SSSR count). The number of hydrogen-bond donors (Lipinski definition) is 2. The first-order valence-corrected chi connectivity index (χ1v) is 7.40. The highest BCUT2D eigenvalue weighted by atomic mass is 32.2. The number of amides is 1. The largest absolute Gasteiger partial charge is 0.351 e. The van der Waals surface area contributed by atoms with Crippen molar-refractivity contribution >= 4 is 17.7 Å². The summed E-state index contributed by atoms with van der Waals surface area (Å²) in [5, 5.41) is 6.40. The maximum absolute atomic E-state index is 12.2. The first kappa shape index (κ1) is 13.4. The second kappa shape index (κ2) is 6.81. The van der Waals surface area contributed by atoms with Crippen LogP contribution in [0.25, 0.3) is 0 Å². The Labute approximate surface area is 113 Å². The van der Waals surface area contributed by atoms with E-state index >= 15 is 0 Å². The van der Waals surface area contributed by atoms with E-state index in [9.17, 15) is 4.79 Å². The van der Waals surface area contributed by atoms with Crippen LogP contribution in [0.2, 0.25) is 0 Å². The summed E-state index contributed by atoms with van der Waals surface area (Å²) in [5.74, 6) is 0.167. The minimum Gasteiger partial charge on any atom is -0.351 e. The van der Waals surface area contributed by atoms with Crippen molar-refractivity contribution in [2.45, 2.75) is 36.0 Å². The smallest absolute Gasteiger partial charge is 0.233 e. The van der Waals surface area contributed by atoms with Crippen molar-refractivity contribution in [1.29, 1.82) is 0 Å². The molecule has 18 heavy (non-hydrogen) atoms. The van der Waals surface area contributed by atoms with Gasteiger partial charge in [0, 0.05) is 17.5 Å². The van der Waals surface area contributed by atoms with Crippen molar-refractivity contribution in [3.63, 3.8) is 0 Å². The molecule has 3 nitrogen and oxygen atoms in total. The van der Waals surface area contributed by atoms with Crippen LogP contribution in [0.5, 0.6) is 0 Å². The lowest BCUT2D eigenvalue weighted by molar-refractivity contribution is -0.121. The van der Waals surface area contributed by atoms with Gasteiger partial charge >= 0.3 is 0 Å². The van der Waals surface area contributed by atoms with Crippen LogP contribution in [0.1, 0.15) is 19.8 Å². The monoisotopic (exact) mass is 264 g/mol. The predicted molar refractivity (Wildman–Crippen MR) is 75.8 cm³/mol. The van der Waals surface area contributed by atoms with E-state index in [1.807, 2.05) is 18.2 Å². The van der Waals surface area contributed by atoms with Gasteiger partial charge in [-0.3, -0.25) is 4.79 Å². The highest BCUT2D eigenvalue weighted by molar-refractivity contribution is 8.00. The third-order valence-electron chi connectivity index (χ3n) is 3.09. The number of carbonyl (C=O) groups is 1. The molecular formula is C14H20N2OS. The Morgan fingerprint density at radius 3 is 2.89 bits per heavy atom. The Hall–Kier alpha value is -1.00. The minimum absolute atomic E-state index is 0.00741. The average molecular weight is 264 g/mol. The molecule has 1 amide bonds. The van der Waals surface area contributed by atoms with Crippen LogP contribution in [0.4, 0.5) is 0 Å². The van der Waals surface area contributed by atoms with Crippen LogP contribution in [0.3, 0.4) is 0 Å². The quantitative estimate of drug-likeness (QED) is 0.800. The molecule has 1 heterocycles. The molecule has 0 aliphatic carbocycles. The van der Waals surface area contributed by atoms with Crippen molar-refractivity contribution in [2.24, 2.45) is 0 Å². The highest BCUT2D eigenvalue weighted by Gasteiger charge is 2.22. The molecule has 1 saturated heterocycles. The molecule has 1 aliphatic rings.